The molecule has 0 aliphatic heterocycles. The van der Waals surface area contributed by atoms with Gasteiger partial charge in [0.15, 0.2) is 0 Å². The summed E-state index contributed by atoms with van der Waals surface area (Å²) >= 11 is 2.25. The number of carboxylic acids is 1. The summed E-state index contributed by atoms with van der Waals surface area (Å²) in [7, 11) is -3.66. The van der Waals surface area contributed by atoms with Crippen LogP contribution in [-0.4, -0.2) is 19.5 Å². The number of thiophene rings is 2. The van der Waals surface area contributed by atoms with Gasteiger partial charge >= 0.3 is 5.97 Å². The van der Waals surface area contributed by atoms with Crippen LogP contribution >= 0.6 is 22.7 Å². The largest absolute Gasteiger partial charge is 0.477 e. The lowest BCUT2D eigenvalue weighted by atomic mass is 10.2. The third-order valence-corrected chi connectivity index (χ3v) is 6.63. The number of aromatic carboxylic acids is 1. The van der Waals surface area contributed by atoms with Crippen LogP contribution in [0.1, 0.15) is 27.0 Å². The molecule has 0 aromatic carbocycles. The van der Waals surface area contributed by atoms with Gasteiger partial charge in [-0.3, -0.25) is 0 Å². The third-order valence-electron chi connectivity index (χ3n) is 2.70. The first-order valence-corrected chi connectivity index (χ1v) is 9.00. The summed E-state index contributed by atoms with van der Waals surface area (Å²) in [5, 5.41) is 10.7. The number of carboxylic acid groups (broad SMARTS) is 1. The molecule has 0 aliphatic carbocycles. The molecule has 2 heterocycles. The summed E-state index contributed by atoms with van der Waals surface area (Å²) in [5.41, 5.74) is 1.12. The van der Waals surface area contributed by atoms with Gasteiger partial charge in [0.05, 0.1) is 0 Å². The number of aryl methyl sites for hydroxylation is 1. The van der Waals surface area contributed by atoms with Crippen molar-refractivity contribution in [2.45, 2.75) is 24.1 Å². The maximum Gasteiger partial charge on any atom is 0.345 e. The molecule has 5 nitrogen and oxygen atoms in total. The van der Waals surface area contributed by atoms with Crippen molar-refractivity contribution >= 4 is 38.7 Å². The molecule has 0 amide bonds. The first-order chi connectivity index (χ1) is 9.44. The molecule has 0 spiro atoms. The van der Waals surface area contributed by atoms with Gasteiger partial charge in [-0.2, -0.15) is 0 Å². The molecule has 0 atom stereocenters. The highest BCUT2D eigenvalue weighted by Crippen LogP contribution is 2.23. The van der Waals surface area contributed by atoms with Crippen molar-refractivity contribution in [2.75, 3.05) is 0 Å². The lowest BCUT2D eigenvalue weighted by molar-refractivity contribution is 0.0702. The van der Waals surface area contributed by atoms with Crippen LogP contribution in [0, 0.1) is 0 Å². The van der Waals surface area contributed by atoms with E-state index in [1.54, 1.807) is 0 Å². The van der Waals surface area contributed by atoms with E-state index >= 15 is 0 Å². The van der Waals surface area contributed by atoms with Crippen LogP contribution in [-0.2, 0) is 23.0 Å². The van der Waals surface area contributed by atoms with E-state index in [-0.39, 0.29) is 15.6 Å². The van der Waals surface area contributed by atoms with E-state index < -0.39 is 16.0 Å². The fraction of sp³-hybridized carbons (Fsp3) is 0.250. The molecular formula is C12H13NO4S3. The molecule has 2 aromatic heterocycles. The van der Waals surface area contributed by atoms with Crippen molar-refractivity contribution < 1.29 is 18.3 Å². The minimum atomic E-state index is -3.66. The summed E-state index contributed by atoms with van der Waals surface area (Å²) in [6.45, 7) is 2.24. The number of rotatable bonds is 6. The molecule has 0 fully saturated rings. The van der Waals surface area contributed by atoms with E-state index in [1.165, 1.54) is 23.5 Å². The Hall–Kier alpha value is -1.22. The van der Waals surface area contributed by atoms with Gasteiger partial charge in [0.1, 0.15) is 9.09 Å². The molecular weight excluding hydrogens is 318 g/mol. The highest BCUT2D eigenvalue weighted by Gasteiger charge is 2.19. The Morgan fingerprint density at radius 1 is 1.35 bits per heavy atom. The number of nitrogens with one attached hydrogen (secondary N) is 1. The predicted molar refractivity (Wildman–Crippen MR) is 79.0 cm³/mol. The lowest BCUT2D eigenvalue weighted by Crippen LogP contribution is -2.22. The zero-order valence-corrected chi connectivity index (χ0v) is 13.1. The van der Waals surface area contributed by atoms with E-state index in [4.69, 9.17) is 5.11 Å². The van der Waals surface area contributed by atoms with Crippen molar-refractivity contribution in [1.29, 1.82) is 0 Å². The van der Waals surface area contributed by atoms with Gasteiger partial charge in [-0.1, -0.05) is 6.92 Å². The predicted octanol–water partition coefficient (Wildman–Crippen LogP) is 2.55. The summed E-state index contributed by atoms with van der Waals surface area (Å²) in [5.74, 6) is -1.12. The van der Waals surface area contributed by atoms with Gasteiger partial charge in [-0.15, -0.1) is 22.7 Å². The molecule has 20 heavy (non-hydrogen) atoms. The maximum absolute atomic E-state index is 12.1. The van der Waals surface area contributed by atoms with Crippen LogP contribution in [0.3, 0.4) is 0 Å². The van der Waals surface area contributed by atoms with Crippen LogP contribution in [0.4, 0.5) is 0 Å². The third kappa shape index (κ3) is 3.26. The maximum atomic E-state index is 12.1. The Morgan fingerprint density at radius 3 is 2.70 bits per heavy atom. The Bertz CT molecular complexity index is 715. The summed E-state index contributed by atoms with van der Waals surface area (Å²) in [6, 6.07) is 4.58. The van der Waals surface area contributed by atoms with Gasteiger partial charge in [-0.25, -0.2) is 17.9 Å². The average Bonchev–Trinajstić information content (AvgIpc) is 3.05. The van der Waals surface area contributed by atoms with Gasteiger partial charge in [0.25, 0.3) is 0 Å². The first kappa shape index (κ1) is 15.2. The SMILES string of the molecule is CCc1ccsc1CNS(=O)(=O)c1ccc(C(=O)O)s1. The van der Waals surface area contributed by atoms with Crippen LogP contribution < -0.4 is 4.72 Å². The standard InChI is InChI=1S/C12H13NO4S3/c1-2-8-5-6-18-10(8)7-13-20(16,17)11-4-3-9(19-11)12(14)15/h3-6,13H,2,7H2,1H3,(H,14,15). The molecule has 108 valence electrons. The van der Waals surface area contributed by atoms with Gasteiger partial charge in [0.2, 0.25) is 10.0 Å². The second kappa shape index (κ2) is 6.04. The van der Waals surface area contributed by atoms with E-state index in [2.05, 4.69) is 4.72 Å². The van der Waals surface area contributed by atoms with Crippen LogP contribution in [0.25, 0.3) is 0 Å². The summed E-state index contributed by atoms with van der Waals surface area (Å²) < 4.78 is 26.7. The van der Waals surface area contributed by atoms with Crippen LogP contribution in [0.2, 0.25) is 0 Å². The zero-order chi connectivity index (χ0) is 14.8. The second-order valence-corrected chi connectivity index (χ2v) is 8.05. The van der Waals surface area contributed by atoms with Gasteiger partial charge in [-0.05, 0) is 35.6 Å². The van der Waals surface area contributed by atoms with E-state index in [0.717, 1.165) is 28.2 Å². The van der Waals surface area contributed by atoms with E-state index in [1.807, 2.05) is 18.4 Å². The Kier molecular flexibility index (Phi) is 4.59. The molecule has 2 N–H and O–H groups in total. The summed E-state index contributed by atoms with van der Waals surface area (Å²) in [4.78, 5) is 11.8. The quantitative estimate of drug-likeness (QED) is 0.852. The van der Waals surface area contributed by atoms with Gasteiger partial charge in [0, 0.05) is 11.4 Å². The molecule has 0 aliphatic rings. The van der Waals surface area contributed by atoms with E-state index in [0.29, 0.717) is 0 Å². The number of hydrogen-bond donors (Lipinski definition) is 2. The normalized spacial score (nSPS) is 11.7. The Balaban J connectivity index is 2.13. The van der Waals surface area contributed by atoms with Crippen molar-refractivity contribution in [3.05, 3.63) is 38.9 Å². The fourth-order valence-corrected chi connectivity index (χ4v) is 4.84. The first-order valence-electron chi connectivity index (χ1n) is 5.82. The number of sulfonamides is 1. The van der Waals surface area contributed by atoms with Crippen LogP contribution in [0.5, 0.6) is 0 Å². The van der Waals surface area contributed by atoms with E-state index in [9.17, 15) is 13.2 Å². The van der Waals surface area contributed by atoms with Crippen molar-refractivity contribution in [3.8, 4) is 0 Å². The second-order valence-electron chi connectivity index (χ2n) is 3.97. The molecule has 8 heteroatoms. The smallest absolute Gasteiger partial charge is 0.345 e. The fourth-order valence-electron chi connectivity index (χ4n) is 1.65. The van der Waals surface area contributed by atoms with Crippen molar-refractivity contribution in [1.82, 2.24) is 4.72 Å². The van der Waals surface area contributed by atoms with Crippen molar-refractivity contribution in [3.63, 3.8) is 0 Å². The Morgan fingerprint density at radius 2 is 2.10 bits per heavy atom. The number of hydrogen-bond acceptors (Lipinski definition) is 5. The molecule has 2 aromatic rings. The minimum absolute atomic E-state index is 0.00995. The molecule has 0 radical (unpaired) electrons. The van der Waals surface area contributed by atoms with Crippen LogP contribution in [0.15, 0.2) is 27.8 Å². The van der Waals surface area contributed by atoms with Crippen molar-refractivity contribution in [2.24, 2.45) is 0 Å². The molecule has 0 bridgehead atoms. The highest BCUT2D eigenvalue weighted by atomic mass is 32.2. The Labute approximate surface area is 124 Å². The number of carbonyl (C=O) groups is 1. The topological polar surface area (TPSA) is 83.5 Å². The minimum Gasteiger partial charge on any atom is -0.477 e. The highest BCUT2D eigenvalue weighted by molar-refractivity contribution is 7.91. The monoisotopic (exact) mass is 331 g/mol. The molecule has 0 unspecified atom stereocenters. The van der Waals surface area contributed by atoms with Gasteiger partial charge < -0.3 is 5.11 Å². The molecule has 2 rings (SSSR count). The molecule has 0 saturated heterocycles. The zero-order valence-electron chi connectivity index (χ0n) is 10.6. The average molecular weight is 331 g/mol. The lowest BCUT2D eigenvalue weighted by Gasteiger charge is -2.04. The summed E-state index contributed by atoms with van der Waals surface area (Å²) in [6.07, 6.45) is 0.850. The molecule has 0 saturated carbocycles.